The average Bonchev–Trinajstić information content (AvgIpc) is 3.03. The Morgan fingerprint density at radius 1 is 0.727 bits per heavy atom. The van der Waals surface area contributed by atoms with Crippen LogP contribution in [0.3, 0.4) is 0 Å². The van der Waals surface area contributed by atoms with Gasteiger partial charge in [0.15, 0.2) is 0 Å². The fourth-order valence-electron chi connectivity index (χ4n) is 5.51. The number of benzene rings is 3. The van der Waals surface area contributed by atoms with Gasteiger partial charge in [0.2, 0.25) is 0 Å². The summed E-state index contributed by atoms with van der Waals surface area (Å²) in [6.07, 6.45) is 13.8. The first kappa shape index (κ1) is 34.9. The number of carbonyl (C=O) groups excluding carboxylic acids is 1. The minimum absolute atomic E-state index is 0.0344. The third kappa shape index (κ3) is 10.9. The molecule has 0 aliphatic rings. The number of hydrogen-bond acceptors (Lipinski definition) is 5. The zero-order chi connectivity index (χ0) is 31.7. The Morgan fingerprint density at radius 3 is 1.98 bits per heavy atom. The number of unbranched alkanes of at least 4 members (excludes halogenated alkanes) is 8. The quantitative estimate of drug-likeness (QED) is 0.0767. The van der Waals surface area contributed by atoms with E-state index < -0.39 is 12.6 Å². The van der Waals surface area contributed by atoms with Crippen LogP contribution in [0.4, 0.5) is 0 Å². The molecule has 0 saturated heterocycles. The van der Waals surface area contributed by atoms with Crippen LogP contribution in [-0.2, 0) is 22.4 Å². The number of carbonyl (C=O) groups is 1. The van der Waals surface area contributed by atoms with E-state index in [4.69, 9.17) is 14.6 Å². The molecule has 3 aromatic rings. The lowest BCUT2D eigenvalue weighted by atomic mass is 9.92. The molecular weight excluding hydrogens is 548 g/mol. The zero-order valence-corrected chi connectivity index (χ0v) is 27.1. The van der Waals surface area contributed by atoms with Crippen LogP contribution in [0.25, 0.3) is 22.3 Å². The summed E-state index contributed by atoms with van der Waals surface area (Å²) in [7, 11) is 0. The van der Waals surface area contributed by atoms with E-state index in [9.17, 15) is 9.90 Å². The maximum atomic E-state index is 11.8. The van der Waals surface area contributed by atoms with Gasteiger partial charge in [0.05, 0.1) is 12.2 Å². The number of esters is 1. The number of aryl methyl sites for hydroxylation is 3. The molecule has 5 heteroatoms. The van der Waals surface area contributed by atoms with Gasteiger partial charge in [-0.05, 0) is 95.8 Å². The maximum Gasteiger partial charge on any atom is 0.335 e. The SMILES string of the molecule is C=C(CO)C(=O)OCCOc1ccc(-c2ccc(-c3ccc(O)c(CCCCCCC)c3)cc2C)cc1CCCCCCC. The topological polar surface area (TPSA) is 76.0 Å². The van der Waals surface area contributed by atoms with E-state index in [0.29, 0.717) is 5.75 Å². The predicted octanol–water partition coefficient (Wildman–Crippen LogP) is 9.53. The van der Waals surface area contributed by atoms with Crippen molar-refractivity contribution in [3.63, 3.8) is 0 Å². The molecule has 0 spiro atoms. The Labute approximate surface area is 264 Å². The molecule has 2 N–H and O–H groups in total. The van der Waals surface area contributed by atoms with Crippen molar-refractivity contribution in [2.24, 2.45) is 0 Å². The van der Waals surface area contributed by atoms with Crippen LogP contribution in [-0.4, -0.2) is 36.0 Å². The summed E-state index contributed by atoms with van der Waals surface area (Å²) in [6, 6.07) is 18.9. The highest BCUT2D eigenvalue weighted by atomic mass is 16.6. The molecule has 0 unspecified atom stereocenters. The van der Waals surface area contributed by atoms with Gasteiger partial charge in [0, 0.05) is 0 Å². The highest BCUT2D eigenvalue weighted by molar-refractivity contribution is 5.87. The summed E-state index contributed by atoms with van der Waals surface area (Å²) < 4.78 is 11.2. The molecule has 0 aromatic heterocycles. The second kappa shape index (κ2) is 19.0. The molecule has 0 amide bonds. The number of phenols is 1. The summed E-state index contributed by atoms with van der Waals surface area (Å²) in [4.78, 5) is 11.8. The van der Waals surface area contributed by atoms with Gasteiger partial charge in [-0.25, -0.2) is 4.79 Å². The van der Waals surface area contributed by atoms with Crippen molar-refractivity contribution < 1.29 is 24.5 Å². The molecule has 0 aliphatic heterocycles. The van der Waals surface area contributed by atoms with E-state index in [2.05, 4.69) is 63.7 Å². The van der Waals surface area contributed by atoms with E-state index >= 15 is 0 Å². The van der Waals surface area contributed by atoms with Crippen LogP contribution in [0.2, 0.25) is 0 Å². The van der Waals surface area contributed by atoms with E-state index in [1.165, 1.54) is 62.5 Å². The number of aromatic hydroxyl groups is 1. The molecule has 44 heavy (non-hydrogen) atoms. The fraction of sp³-hybridized carbons (Fsp3) is 0.462. The van der Waals surface area contributed by atoms with Gasteiger partial charge in [0.1, 0.15) is 24.7 Å². The smallest absolute Gasteiger partial charge is 0.335 e. The monoisotopic (exact) mass is 600 g/mol. The third-order valence-corrected chi connectivity index (χ3v) is 8.16. The number of aliphatic hydroxyl groups is 1. The first-order valence-electron chi connectivity index (χ1n) is 16.5. The Balaban J connectivity index is 1.75. The molecule has 0 saturated carbocycles. The summed E-state index contributed by atoms with van der Waals surface area (Å²) >= 11 is 0. The van der Waals surface area contributed by atoms with Gasteiger partial charge >= 0.3 is 5.97 Å². The summed E-state index contributed by atoms with van der Waals surface area (Å²) in [5.41, 5.74) is 7.99. The van der Waals surface area contributed by atoms with Gasteiger partial charge in [0.25, 0.3) is 0 Å². The van der Waals surface area contributed by atoms with Gasteiger partial charge < -0.3 is 19.7 Å². The van der Waals surface area contributed by atoms with E-state index in [-0.39, 0.29) is 18.8 Å². The second-order valence-corrected chi connectivity index (χ2v) is 11.8. The molecule has 0 fully saturated rings. The zero-order valence-electron chi connectivity index (χ0n) is 27.1. The molecule has 3 aromatic carbocycles. The van der Waals surface area contributed by atoms with Crippen LogP contribution in [0, 0.1) is 6.92 Å². The first-order valence-corrected chi connectivity index (χ1v) is 16.5. The Kier molecular flexibility index (Phi) is 15.0. The Hall–Kier alpha value is -3.57. The van der Waals surface area contributed by atoms with Gasteiger partial charge in [-0.15, -0.1) is 0 Å². The normalized spacial score (nSPS) is 11.0. The van der Waals surface area contributed by atoms with Crippen molar-refractivity contribution >= 4 is 5.97 Å². The molecule has 238 valence electrons. The van der Waals surface area contributed by atoms with Crippen LogP contribution >= 0.6 is 0 Å². The second-order valence-electron chi connectivity index (χ2n) is 11.8. The highest BCUT2D eigenvalue weighted by Gasteiger charge is 2.12. The largest absolute Gasteiger partial charge is 0.508 e. The van der Waals surface area contributed by atoms with E-state index in [1.54, 1.807) is 0 Å². The van der Waals surface area contributed by atoms with Gasteiger partial charge in [-0.2, -0.15) is 0 Å². The van der Waals surface area contributed by atoms with Gasteiger partial charge in [-0.3, -0.25) is 0 Å². The fourth-order valence-corrected chi connectivity index (χ4v) is 5.51. The molecule has 0 atom stereocenters. The predicted molar refractivity (Wildman–Crippen MR) is 181 cm³/mol. The lowest BCUT2D eigenvalue weighted by molar-refractivity contribution is -0.140. The van der Waals surface area contributed by atoms with Gasteiger partial charge in [-0.1, -0.05) is 102 Å². The lowest BCUT2D eigenvalue weighted by Gasteiger charge is -2.16. The number of ether oxygens (including phenoxy) is 2. The van der Waals surface area contributed by atoms with Crippen molar-refractivity contribution in [1.29, 1.82) is 0 Å². The molecule has 0 radical (unpaired) electrons. The van der Waals surface area contributed by atoms with Crippen molar-refractivity contribution in [1.82, 2.24) is 0 Å². The standard InChI is InChI=1S/C39H52O5/c1-5-7-9-11-13-15-34-26-32(18-21-37(34)41)31-17-20-36(29(3)25-31)33-19-22-38(35(27-33)16-14-12-10-8-6-2)43-23-24-44-39(42)30(4)28-40/h17-22,25-27,40-41H,4-16,23-24,28H2,1-3H3. The molecular formula is C39H52O5. The number of hydrogen-bond donors (Lipinski definition) is 2. The Morgan fingerprint density at radius 2 is 1.32 bits per heavy atom. The minimum atomic E-state index is -0.604. The van der Waals surface area contributed by atoms with Crippen molar-refractivity contribution in [2.75, 3.05) is 19.8 Å². The molecule has 0 heterocycles. The number of rotatable bonds is 20. The summed E-state index contributed by atoms with van der Waals surface area (Å²) in [6.45, 7) is 10.0. The third-order valence-electron chi connectivity index (χ3n) is 8.16. The number of aliphatic hydroxyl groups excluding tert-OH is 1. The van der Waals surface area contributed by atoms with Crippen LogP contribution in [0.15, 0.2) is 66.7 Å². The van der Waals surface area contributed by atoms with Crippen LogP contribution in [0.1, 0.15) is 94.7 Å². The van der Waals surface area contributed by atoms with Crippen molar-refractivity contribution in [2.45, 2.75) is 97.8 Å². The first-order chi connectivity index (χ1) is 21.4. The highest BCUT2D eigenvalue weighted by Crippen LogP contribution is 2.34. The summed E-state index contributed by atoms with van der Waals surface area (Å²) in [5.74, 6) is 0.588. The molecule has 3 rings (SSSR count). The maximum absolute atomic E-state index is 11.8. The molecule has 0 bridgehead atoms. The van der Waals surface area contributed by atoms with Crippen molar-refractivity contribution in [3.8, 4) is 33.8 Å². The summed E-state index contributed by atoms with van der Waals surface area (Å²) in [5, 5.41) is 19.5. The number of phenolic OH excluding ortho intramolecular Hbond substituents is 1. The van der Waals surface area contributed by atoms with Crippen LogP contribution < -0.4 is 4.74 Å². The Bertz CT molecular complexity index is 1340. The average molecular weight is 601 g/mol. The van der Waals surface area contributed by atoms with Crippen molar-refractivity contribution in [3.05, 3.63) is 83.4 Å². The minimum Gasteiger partial charge on any atom is -0.508 e. The van der Waals surface area contributed by atoms with Crippen LogP contribution in [0.5, 0.6) is 11.5 Å². The van der Waals surface area contributed by atoms with E-state index in [1.807, 2.05) is 18.2 Å². The molecule has 0 aliphatic carbocycles. The van der Waals surface area contributed by atoms with E-state index in [0.717, 1.165) is 59.3 Å². The lowest BCUT2D eigenvalue weighted by Crippen LogP contribution is -2.15. The molecule has 5 nitrogen and oxygen atoms in total.